The van der Waals surface area contributed by atoms with Crippen LogP contribution in [-0.2, 0) is 0 Å². The Morgan fingerprint density at radius 2 is 1.85 bits per heavy atom. The van der Waals surface area contributed by atoms with E-state index in [4.69, 9.17) is 5.73 Å². The number of nitrogens with two attached hydrogens (primary N) is 1. The van der Waals surface area contributed by atoms with Gasteiger partial charge in [-0.1, -0.05) is 0 Å². The van der Waals surface area contributed by atoms with Crippen LogP contribution in [0.25, 0.3) is 0 Å². The number of primary amides is 1. The van der Waals surface area contributed by atoms with Crippen LogP contribution in [-0.4, -0.2) is 37.7 Å². The minimum atomic E-state index is -0.524. The van der Waals surface area contributed by atoms with E-state index in [1.165, 1.54) is 19.0 Å². The van der Waals surface area contributed by atoms with E-state index < -0.39 is 11.5 Å². The molecule has 1 aromatic heterocycles. The highest BCUT2D eigenvalue weighted by atomic mass is 16.3. The van der Waals surface area contributed by atoms with Crippen LogP contribution in [0.5, 0.6) is 0 Å². The molecule has 4 aliphatic rings. The highest BCUT2D eigenvalue weighted by Gasteiger charge is 2.48. The first kappa shape index (κ1) is 17.5. The zero-order valence-electron chi connectivity index (χ0n) is 15.6. The van der Waals surface area contributed by atoms with Crippen LogP contribution in [0.3, 0.4) is 0 Å². The van der Waals surface area contributed by atoms with E-state index in [0.29, 0.717) is 23.2 Å². The van der Waals surface area contributed by atoms with Crippen LogP contribution >= 0.6 is 0 Å². The van der Waals surface area contributed by atoms with E-state index in [0.717, 1.165) is 38.5 Å². The summed E-state index contributed by atoms with van der Waals surface area (Å²) in [4.78, 5) is 20.8. The fourth-order valence-corrected chi connectivity index (χ4v) is 4.52. The molecule has 5 N–H and O–H groups in total. The molecule has 2 bridgehead atoms. The van der Waals surface area contributed by atoms with Crippen LogP contribution < -0.4 is 16.4 Å². The van der Waals surface area contributed by atoms with E-state index in [9.17, 15) is 9.90 Å². The predicted molar refractivity (Wildman–Crippen MR) is 100.0 cm³/mol. The van der Waals surface area contributed by atoms with Gasteiger partial charge >= 0.3 is 0 Å². The van der Waals surface area contributed by atoms with Gasteiger partial charge in [0.2, 0.25) is 5.95 Å². The lowest BCUT2D eigenvalue weighted by atomic mass is 9.63. The molecule has 1 heterocycles. The van der Waals surface area contributed by atoms with Gasteiger partial charge in [-0.25, -0.2) is 4.98 Å². The number of nitrogens with zero attached hydrogens (tertiary/aromatic N) is 2. The molecule has 1 aromatic rings. The summed E-state index contributed by atoms with van der Waals surface area (Å²) in [5.41, 5.74) is 5.18. The zero-order chi connectivity index (χ0) is 18.6. The molecule has 4 aliphatic carbocycles. The van der Waals surface area contributed by atoms with Crippen LogP contribution in [0.1, 0.15) is 75.6 Å². The van der Waals surface area contributed by atoms with Gasteiger partial charge in [0.1, 0.15) is 5.82 Å². The van der Waals surface area contributed by atoms with Crippen molar-refractivity contribution in [1.82, 2.24) is 9.97 Å². The topological polar surface area (TPSA) is 113 Å². The summed E-state index contributed by atoms with van der Waals surface area (Å²) in [7, 11) is 0. The minimum absolute atomic E-state index is 0.0536. The second kappa shape index (κ2) is 5.81. The molecule has 7 nitrogen and oxygen atoms in total. The molecule has 4 fully saturated rings. The Kier molecular flexibility index (Phi) is 3.91. The molecule has 0 spiro atoms. The van der Waals surface area contributed by atoms with E-state index in [-0.39, 0.29) is 11.1 Å². The van der Waals surface area contributed by atoms with Crippen molar-refractivity contribution < 1.29 is 9.90 Å². The summed E-state index contributed by atoms with van der Waals surface area (Å²) in [6.45, 7) is 4.26. The third kappa shape index (κ3) is 3.24. The van der Waals surface area contributed by atoms with Crippen molar-refractivity contribution in [3.8, 4) is 0 Å². The molecule has 0 aromatic carbocycles. The van der Waals surface area contributed by atoms with E-state index >= 15 is 0 Å². The number of hydrogen-bond donors (Lipinski definition) is 4. The van der Waals surface area contributed by atoms with Crippen LogP contribution in [0.2, 0.25) is 0 Å². The Labute approximate surface area is 154 Å². The van der Waals surface area contributed by atoms with Gasteiger partial charge in [0.15, 0.2) is 0 Å². The maximum Gasteiger partial charge on any atom is 0.254 e. The summed E-state index contributed by atoms with van der Waals surface area (Å²) in [6, 6.07) is 0. The summed E-state index contributed by atoms with van der Waals surface area (Å²) in [5, 5.41) is 17.3. The standard InChI is InChI=1S/C19H29N5O2/c1-17(2,12-3-4-12)23-15-13(14(20)25)11-21-16(22-15)24-18-5-8-19(26,9-6-18)10-7-18/h11-12,26H,3-10H2,1-2H3,(H2,20,25)(H2,21,22,23,24). The number of nitrogens with one attached hydrogen (secondary N) is 2. The highest BCUT2D eigenvalue weighted by Crippen LogP contribution is 2.48. The van der Waals surface area contributed by atoms with Crippen molar-refractivity contribution in [3.63, 3.8) is 0 Å². The molecule has 1 amide bonds. The van der Waals surface area contributed by atoms with Crippen molar-refractivity contribution >= 4 is 17.7 Å². The van der Waals surface area contributed by atoms with Gasteiger partial charge < -0.3 is 21.5 Å². The van der Waals surface area contributed by atoms with Gasteiger partial charge in [0.25, 0.3) is 5.91 Å². The van der Waals surface area contributed by atoms with Crippen LogP contribution in [0, 0.1) is 5.92 Å². The Morgan fingerprint density at radius 1 is 1.23 bits per heavy atom. The van der Waals surface area contributed by atoms with Gasteiger partial charge in [-0.15, -0.1) is 0 Å². The predicted octanol–water partition coefficient (Wildman–Crippen LogP) is 2.43. The number of aromatic nitrogens is 2. The summed E-state index contributed by atoms with van der Waals surface area (Å²) in [5.74, 6) is 1.09. The molecule has 4 saturated carbocycles. The molecule has 0 aliphatic heterocycles. The SMILES string of the molecule is CC(C)(Nc1nc(NC23CCC(O)(CC2)CC3)ncc1C(N)=O)C1CC1. The number of carbonyl (C=O) groups is 1. The second-order valence-corrected chi connectivity index (χ2v) is 9.07. The van der Waals surface area contributed by atoms with E-state index in [1.807, 2.05) is 0 Å². The number of amides is 1. The largest absolute Gasteiger partial charge is 0.390 e. The quantitative estimate of drug-likeness (QED) is 0.620. The number of aliphatic hydroxyl groups is 1. The normalized spacial score (nSPS) is 30.9. The number of fused-ring (bicyclic) bond motifs is 3. The smallest absolute Gasteiger partial charge is 0.254 e. The lowest BCUT2D eigenvalue weighted by Gasteiger charge is -2.51. The fraction of sp³-hybridized carbons (Fsp3) is 0.737. The molecule has 26 heavy (non-hydrogen) atoms. The molecular weight excluding hydrogens is 330 g/mol. The van der Waals surface area contributed by atoms with E-state index in [1.54, 1.807) is 0 Å². The Balaban J connectivity index is 1.57. The average Bonchev–Trinajstić information content (AvgIpc) is 3.41. The first-order valence-electron chi connectivity index (χ1n) is 9.66. The maximum atomic E-state index is 11.8. The van der Waals surface area contributed by atoms with Crippen molar-refractivity contribution in [2.24, 2.45) is 11.7 Å². The summed E-state index contributed by atoms with van der Waals surface area (Å²) >= 11 is 0. The molecule has 0 saturated heterocycles. The number of carbonyl (C=O) groups excluding carboxylic acids is 1. The van der Waals surface area contributed by atoms with Gasteiger partial charge in [-0.05, 0) is 71.1 Å². The Bertz CT molecular complexity index is 704. The van der Waals surface area contributed by atoms with Crippen molar-refractivity contribution in [2.75, 3.05) is 10.6 Å². The Hall–Kier alpha value is -1.89. The molecule has 5 rings (SSSR count). The van der Waals surface area contributed by atoms with Crippen molar-refractivity contribution in [1.29, 1.82) is 0 Å². The third-order valence-corrected chi connectivity index (χ3v) is 6.68. The van der Waals surface area contributed by atoms with E-state index in [2.05, 4.69) is 34.4 Å². The minimum Gasteiger partial charge on any atom is -0.390 e. The highest BCUT2D eigenvalue weighted by molar-refractivity contribution is 5.97. The van der Waals surface area contributed by atoms with Crippen LogP contribution in [0.15, 0.2) is 6.20 Å². The number of rotatable bonds is 6. The van der Waals surface area contributed by atoms with Crippen LogP contribution in [0.4, 0.5) is 11.8 Å². The molecular formula is C19H29N5O2. The summed E-state index contributed by atoms with van der Waals surface area (Å²) < 4.78 is 0. The first-order valence-corrected chi connectivity index (χ1v) is 9.66. The number of hydrogen-bond acceptors (Lipinski definition) is 6. The lowest BCUT2D eigenvalue weighted by molar-refractivity contribution is -0.0581. The van der Waals surface area contributed by atoms with Gasteiger partial charge in [-0.2, -0.15) is 4.98 Å². The average molecular weight is 359 g/mol. The molecule has 142 valence electrons. The first-order chi connectivity index (χ1) is 12.2. The molecule has 0 radical (unpaired) electrons. The van der Waals surface area contributed by atoms with Crippen molar-refractivity contribution in [2.45, 2.75) is 81.9 Å². The molecule has 7 heteroatoms. The zero-order valence-corrected chi connectivity index (χ0v) is 15.6. The van der Waals surface area contributed by atoms with Gasteiger partial charge in [0, 0.05) is 17.3 Å². The Morgan fingerprint density at radius 3 is 2.38 bits per heavy atom. The third-order valence-electron chi connectivity index (χ3n) is 6.68. The molecule has 0 unspecified atom stereocenters. The molecule has 0 atom stereocenters. The summed E-state index contributed by atoms with van der Waals surface area (Å²) in [6.07, 6.45) is 9.10. The second-order valence-electron chi connectivity index (χ2n) is 9.07. The fourth-order valence-electron chi connectivity index (χ4n) is 4.52. The maximum absolute atomic E-state index is 11.8. The van der Waals surface area contributed by atoms with Crippen molar-refractivity contribution in [3.05, 3.63) is 11.8 Å². The van der Waals surface area contributed by atoms with Gasteiger partial charge in [-0.3, -0.25) is 4.79 Å². The monoisotopic (exact) mass is 359 g/mol. The van der Waals surface area contributed by atoms with Gasteiger partial charge in [0.05, 0.1) is 11.2 Å². The lowest BCUT2D eigenvalue weighted by Crippen LogP contribution is -2.54. The number of anilines is 2.